The number of para-hydroxylation sites is 1. The van der Waals surface area contributed by atoms with E-state index in [4.69, 9.17) is 5.11 Å². The van der Waals surface area contributed by atoms with Crippen LogP contribution in [0.15, 0.2) is 58.5 Å². The summed E-state index contributed by atoms with van der Waals surface area (Å²) in [5, 5.41) is 27.8. The second kappa shape index (κ2) is 12.1. The van der Waals surface area contributed by atoms with Gasteiger partial charge in [-0.3, -0.25) is 10.1 Å². The molecule has 0 bridgehead atoms. The highest BCUT2D eigenvalue weighted by atomic mass is 32.2. The van der Waals surface area contributed by atoms with Crippen LogP contribution in [-0.2, 0) is 0 Å². The Morgan fingerprint density at radius 3 is 2.60 bits per heavy atom. The molecule has 3 aromatic rings. The van der Waals surface area contributed by atoms with Crippen molar-refractivity contribution in [3.05, 3.63) is 64.2 Å². The fraction of sp³-hybridized carbons (Fsp3) is 0.304. The van der Waals surface area contributed by atoms with Crippen molar-refractivity contribution in [1.82, 2.24) is 15.0 Å². The molecule has 1 saturated heterocycles. The Bertz CT molecular complexity index is 1170. The van der Waals surface area contributed by atoms with E-state index in [0.717, 1.165) is 31.6 Å². The quantitative estimate of drug-likeness (QED) is 0.164. The molecule has 35 heavy (non-hydrogen) atoms. The Balaban J connectivity index is 1.54. The first kappa shape index (κ1) is 24.4. The SMILES string of the molecule is O=[N+]([O-])c1cc(C=NNc2nc(Nc3ccccc3)nc(N3CCCCC3)n2)ccc1SCCO. The van der Waals surface area contributed by atoms with Crippen LogP contribution in [0.2, 0.25) is 0 Å². The van der Waals surface area contributed by atoms with E-state index in [1.807, 2.05) is 30.3 Å². The Labute approximate surface area is 206 Å². The molecule has 1 aromatic heterocycles. The fourth-order valence-corrected chi connectivity index (χ4v) is 4.31. The molecule has 0 amide bonds. The molecule has 12 heteroatoms. The van der Waals surface area contributed by atoms with Crippen LogP contribution in [0.5, 0.6) is 0 Å². The van der Waals surface area contributed by atoms with Crippen molar-refractivity contribution in [1.29, 1.82) is 0 Å². The van der Waals surface area contributed by atoms with Crippen LogP contribution in [0.1, 0.15) is 24.8 Å². The lowest BCUT2D eigenvalue weighted by molar-refractivity contribution is -0.387. The molecule has 2 heterocycles. The molecule has 0 aliphatic carbocycles. The summed E-state index contributed by atoms with van der Waals surface area (Å²) in [6.45, 7) is 1.70. The van der Waals surface area contributed by atoms with Crippen LogP contribution in [0, 0.1) is 10.1 Å². The smallest absolute Gasteiger partial charge is 0.283 e. The number of nitrogens with one attached hydrogen (secondary N) is 2. The maximum Gasteiger partial charge on any atom is 0.283 e. The van der Waals surface area contributed by atoms with E-state index in [9.17, 15) is 10.1 Å². The van der Waals surface area contributed by atoms with E-state index in [1.165, 1.54) is 30.5 Å². The minimum Gasteiger partial charge on any atom is -0.396 e. The number of anilines is 4. The Kier molecular flexibility index (Phi) is 8.41. The normalized spacial score (nSPS) is 13.7. The number of aromatic nitrogens is 3. The van der Waals surface area contributed by atoms with Gasteiger partial charge >= 0.3 is 0 Å². The number of hydrogen-bond donors (Lipinski definition) is 3. The van der Waals surface area contributed by atoms with Crippen molar-refractivity contribution in [3.8, 4) is 0 Å². The average molecular weight is 495 g/mol. The maximum absolute atomic E-state index is 11.4. The lowest BCUT2D eigenvalue weighted by atomic mass is 10.1. The van der Waals surface area contributed by atoms with E-state index in [1.54, 1.807) is 12.1 Å². The minimum atomic E-state index is -0.442. The Morgan fingerprint density at radius 1 is 1.09 bits per heavy atom. The summed E-state index contributed by atoms with van der Waals surface area (Å²) in [5.74, 6) is 1.61. The Morgan fingerprint density at radius 2 is 1.86 bits per heavy atom. The highest BCUT2D eigenvalue weighted by molar-refractivity contribution is 7.99. The number of nitro groups is 1. The second-order valence-electron chi connectivity index (χ2n) is 7.75. The summed E-state index contributed by atoms with van der Waals surface area (Å²) < 4.78 is 0. The van der Waals surface area contributed by atoms with Crippen LogP contribution >= 0.6 is 11.8 Å². The fourth-order valence-electron chi connectivity index (χ4n) is 3.56. The topological polar surface area (TPSA) is 142 Å². The van der Waals surface area contributed by atoms with Gasteiger partial charge in [0.05, 0.1) is 22.6 Å². The molecule has 11 nitrogen and oxygen atoms in total. The van der Waals surface area contributed by atoms with Gasteiger partial charge in [-0.25, -0.2) is 5.43 Å². The number of rotatable bonds is 10. The van der Waals surface area contributed by atoms with Gasteiger partial charge in [0.15, 0.2) is 0 Å². The minimum absolute atomic E-state index is 0.0331. The molecule has 182 valence electrons. The summed E-state index contributed by atoms with van der Waals surface area (Å²) >= 11 is 1.23. The summed E-state index contributed by atoms with van der Waals surface area (Å²) in [4.78, 5) is 27.2. The Hall–Kier alpha value is -3.77. The van der Waals surface area contributed by atoms with Crippen molar-refractivity contribution in [2.75, 3.05) is 41.1 Å². The van der Waals surface area contributed by atoms with E-state index < -0.39 is 4.92 Å². The van der Waals surface area contributed by atoms with Gasteiger partial charge in [-0.15, -0.1) is 11.8 Å². The third kappa shape index (κ3) is 6.87. The van der Waals surface area contributed by atoms with Crippen molar-refractivity contribution < 1.29 is 10.0 Å². The lowest BCUT2D eigenvalue weighted by Crippen LogP contribution is -2.31. The predicted molar refractivity (Wildman–Crippen MR) is 138 cm³/mol. The van der Waals surface area contributed by atoms with Crippen molar-refractivity contribution >= 4 is 47.2 Å². The van der Waals surface area contributed by atoms with Crippen molar-refractivity contribution in [2.24, 2.45) is 5.10 Å². The molecule has 4 rings (SSSR count). The zero-order valence-corrected chi connectivity index (χ0v) is 19.8. The molecular formula is C23H26N8O3S. The molecule has 3 N–H and O–H groups in total. The largest absolute Gasteiger partial charge is 0.396 e. The highest BCUT2D eigenvalue weighted by Gasteiger charge is 2.17. The number of aliphatic hydroxyl groups is 1. The maximum atomic E-state index is 11.4. The van der Waals surface area contributed by atoms with E-state index >= 15 is 0 Å². The van der Waals surface area contributed by atoms with Gasteiger partial charge in [-0.1, -0.05) is 24.3 Å². The first-order valence-electron chi connectivity index (χ1n) is 11.3. The van der Waals surface area contributed by atoms with Crippen LogP contribution in [0.4, 0.5) is 29.2 Å². The molecule has 0 saturated carbocycles. The number of thioether (sulfide) groups is 1. The van der Waals surface area contributed by atoms with Crippen LogP contribution in [-0.4, -0.2) is 56.6 Å². The van der Waals surface area contributed by atoms with Gasteiger partial charge in [-0.2, -0.15) is 20.1 Å². The summed E-state index contributed by atoms with van der Waals surface area (Å²) in [6.07, 6.45) is 4.83. The number of benzene rings is 2. The van der Waals surface area contributed by atoms with Gasteiger partial charge in [0.25, 0.3) is 5.69 Å². The summed E-state index contributed by atoms with van der Waals surface area (Å²) in [7, 11) is 0. The molecule has 0 radical (unpaired) electrons. The number of nitro benzene ring substituents is 1. The van der Waals surface area contributed by atoms with Gasteiger partial charge < -0.3 is 15.3 Å². The van der Waals surface area contributed by atoms with Gasteiger partial charge in [0, 0.05) is 36.2 Å². The van der Waals surface area contributed by atoms with Crippen molar-refractivity contribution in [2.45, 2.75) is 24.2 Å². The lowest BCUT2D eigenvalue weighted by Gasteiger charge is -2.26. The zero-order valence-electron chi connectivity index (χ0n) is 19.0. The molecule has 0 spiro atoms. The molecule has 1 aliphatic heterocycles. The molecule has 2 aromatic carbocycles. The van der Waals surface area contributed by atoms with Gasteiger partial charge in [0.1, 0.15) is 0 Å². The number of piperidine rings is 1. The van der Waals surface area contributed by atoms with Crippen LogP contribution in [0.3, 0.4) is 0 Å². The van der Waals surface area contributed by atoms with E-state index in [0.29, 0.717) is 28.1 Å². The van der Waals surface area contributed by atoms with Crippen LogP contribution in [0.25, 0.3) is 0 Å². The summed E-state index contributed by atoms with van der Waals surface area (Å²) in [5.41, 5.74) is 4.19. The first-order chi connectivity index (χ1) is 17.1. The predicted octanol–water partition coefficient (Wildman–Crippen LogP) is 4.04. The van der Waals surface area contributed by atoms with Gasteiger partial charge in [-0.05, 0) is 37.5 Å². The standard InChI is InChI=1S/C23H26N8O3S/c32-13-14-35-20-10-9-17(15-19(20)31(33)34)16-24-29-22-26-21(25-18-7-3-1-4-8-18)27-23(28-22)30-11-5-2-6-12-30/h1,3-4,7-10,15-16,32H,2,5-6,11-14H2,(H2,25,26,27,28,29). The third-order valence-electron chi connectivity index (χ3n) is 5.20. The molecular weight excluding hydrogens is 468 g/mol. The molecule has 0 unspecified atom stereocenters. The molecule has 1 fully saturated rings. The zero-order chi connectivity index (χ0) is 24.5. The van der Waals surface area contributed by atoms with Crippen LogP contribution < -0.4 is 15.6 Å². The highest BCUT2D eigenvalue weighted by Crippen LogP contribution is 2.29. The average Bonchev–Trinajstić information content (AvgIpc) is 2.89. The molecule has 1 aliphatic rings. The second-order valence-corrected chi connectivity index (χ2v) is 8.88. The van der Waals surface area contributed by atoms with E-state index in [-0.39, 0.29) is 18.2 Å². The number of nitrogens with zero attached hydrogens (tertiary/aromatic N) is 6. The molecule has 0 atom stereocenters. The summed E-state index contributed by atoms with van der Waals surface area (Å²) in [6, 6.07) is 14.4. The number of hydrogen-bond acceptors (Lipinski definition) is 11. The third-order valence-corrected chi connectivity index (χ3v) is 6.24. The van der Waals surface area contributed by atoms with Gasteiger partial charge in [0.2, 0.25) is 17.8 Å². The van der Waals surface area contributed by atoms with Crippen molar-refractivity contribution in [3.63, 3.8) is 0 Å². The first-order valence-corrected chi connectivity index (χ1v) is 12.3. The number of hydrazone groups is 1. The number of aliphatic hydroxyl groups excluding tert-OH is 1. The monoisotopic (exact) mass is 494 g/mol. The van der Waals surface area contributed by atoms with E-state index in [2.05, 4.69) is 35.7 Å².